The molecule has 0 aliphatic carbocycles. The van der Waals surface area contributed by atoms with Gasteiger partial charge in [0, 0.05) is 5.69 Å². The number of para-hydroxylation sites is 2. The second kappa shape index (κ2) is 9.88. The smallest absolute Gasteiger partial charge is 0.262 e. The molecule has 4 rings (SSSR count). The summed E-state index contributed by atoms with van der Waals surface area (Å²) in [5, 5.41) is 12.3. The van der Waals surface area contributed by atoms with Crippen LogP contribution in [0.4, 0.5) is 10.1 Å². The Balaban J connectivity index is 1.49. The highest BCUT2D eigenvalue weighted by Gasteiger charge is 2.12. The van der Waals surface area contributed by atoms with Crippen molar-refractivity contribution in [1.82, 2.24) is 9.97 Å². The Bertz CT molecular complexity index is 1400. The molecule has 0 aliphatic heterocycles. The Hall–Kier alpha value is -4.64. The fourth-order valence-electron chi connectivity index (χ4n) is 3.35. The number of nitriles is 1. The number of fused-ring (bicyclic) bond motifs is 1. The minimum absolute atomic E-state index is 0.288. The summed E-state index contributed by atoms with van der Waals surface area (Å²) in [5.74, 6) is 0.341. The summed E-state index contributed by atoms with van der Waals surface area (Å²) >= 11 is 0. The first-order valence-electron chi connectivity index (χ1n) is 10.4. The zero-order valence-electron chi connectivity index (χ0n) is 18.6. The molecule has 1 heterocycles. The molecule has 34 heavy (non-hydrogen) atoms. The second-order valence-corrected chi connectivity index (χ2v) is 7.48. The first kappa shape index (κ1) is 22.6. The molecular weight excluding hydrogens is 435 g/mol. The topological polar surface area (TPSA) is 100 Å². The number of amides is 1. The van der Waals surface area contributed by atoms with Crippen molar-refractivity contribution in [3.8, 4) is 17.6 Å². The highest BCUT2D eigenvalue weighted by molar-refractivity contribution is 5.93. The average Bonchev–Trinajstić information content (AvgIpc) is 3.28. The number of rotatable bonds is 7. The maximum atomic E-state index is 13.4. The normalized spacial score (nSPS) is 11.2. The number of ether oxygens (including phenoxy) is 2. The summed E-state index contributed by atoms with van der Waals surface area (Å²) in [7, 11) is 1.48. The zero-order valence-corrected chi connectivity index (χ0v) is 18.6. The number of aromatic amines is 1. The molecule has 0 spiro atoms. The molecule has 0 fully saturated rings. The minimum Gasteiger partial charge on any atom is -0.493 e. The number of imidazole rings is 1. The Morgan fingerprint density at radius 2 is 2.00 bits per heavy atom. The molecule has 0 unspecified atom stereocenters. The summed E-state index contributed by atoms with van der Waals surface area (Å²) in [6.45, 7) is 1.48. The van der Waals surface area contributed by atoms with Gasteiger partial charge >= 0.3 is 0 Å². The zero-order chi connectivity index (χ0) is 24.1. The number of H-pyrrole nitrogens is 1. The SMILES string of the molecule is COc1cc(/C=C(\C#N)c2nc3ccccc3[nH]2)ccc1OCC(=O)Nc1cc(F)ccc1C. The van der Waals surface area contributed by atoms with Gasteiger partial charge in [-0.1, -0.05) is 24.3 Å². The van der Waals surface area contributed by atoms with Gasteiger partial charge in [0.15, 0.2) is 18.1 Å². The van der Waals surface area contributed by atoms with Crippen molar-refractivity contribution in [2.45, 2.75) is 6.92 Å². The van der Waals surface area contributed by atoms with Crippen molar-refractivity contribution >= 4 is 34.3 Å². The van der Waals surface area contributed by atoms with Gasteiger partial charge in [-0.25, -0.2) is 9.37 Å². The Morgan fingerprint density at radius 1 is 1.18 bits per heavy atom. The number of nitrogens with one attached hydrogen (secondary N) is 2. The van der Waals surface area contributed by atoms with E-state index in [4.69, 9.17) is 9.47 Å². The van der Waals surface area contributed by atoms with E-state index in [0.29, 0.717) is 34.1 Å². The first-order valence-corrected chi connectivity index (χ1v) is 10.4. The number of halogens is 1. The molecule has 0 atom stereocenters. The van der Waals surface area contributed by atoms with Crippen LogP contribution in [0.15, 0.2) is 60.7 Å². The monoisotopic (exact) mass is 456 g/mol. The molecule has 0 radical (unpaired) electrons. The molecule has 0 aliphatic rings. The largest absolute Gasteiger partial charge is 0.493 e. The third-order valence-electron chi connectivity index (χ3n) is 5.10. The number of hydrogen-bond acceptors (Lipinski definition) is 5. The molecule has 0 bridgehead atoms. The highest BCUT2D eigenvalue weighted by Crippen LogP contribution is 2.30. The molecule has 0 saturated heterocycles. The summed E-state index contributed by atoms with van der Waals surface area (Å²) in [4.78, 5) is 19.9. The maximum absolute atomic E-state index is 13.4. The predicted octanol–water partition coefficient (Wildman–Crippen LogP) is 5.10. The molecule has 0 saturated carbocycles. The Morgan fingerprint density at radius 3 is 2.76 bits per heavy atom. The van der Waals surface area contributed by atoms with E-state index in [9.17, 15) is 14.4 Å². The number of aryl methyl sites for hydroxylation is 1. The predicted molar refractivity (Wildman–Crippen MR) is 128 cm³/mol. The van der Waals surface area contributed by atoms with Crippen LogP contribution >= 0.6 is 0 Å². The van der Waals surface area contributed by atoms with E-state index in [2.05, 4.69) is 21.4 Å². The number of nitrogens with zero attached hydrogens (tertiary/aromatic N) is 2. The lowest BCUT2D eigenvalue weighted by atomic mass is 10.1. The van der Waals surface area contributed by atoms with Crippen LogP contribution in [0.1, 0.15) is 17.0 Å². The van der Waals surface area contributed by atoms with Crippen LogP contribution in [-0.2, 0) is 4.79 Å². The van der Waals surface area contributed by atoms with Crippen LogP contribution in [0.25, 0.3) is 22.7 Å². The Kier molecular flexibility index (Phi) is 6.55. The first-order chi connectivity index (χ1) is 16.5. The van der Waals surface area contributed by atoms with Gasteiger partial charge in [-0.05, 0) is 60.5 Å². The van der Waals surface area contributed by atoms with E-state index in [1.165, 1.54) is 19.2 Å². The quantitative estimate of drug-likeness (QED) is 0.377. The Labute approximate surface area is 195 Å². The summed E-state index contributed by atoms with van der Waals surface area (Å²) in [6.07, 6.45) is 1.68. The van der Waals surface area contributed by atoms with Crippen molar-refractivity contribution in [2.75, 3.05) is 19.0 Å². The lowest BCUT2D eigenvalue weighted by molar-refractivity contribution is -0.118. The molecule has 3 aromatic carbocycles. The fraction of sp³-hybridized carbons (Fsp3) is 0.115. The number of carbonyl (C=O) groups excluding carboxylic acids is 1. The van der Waals surface area contributed by atoms with Crippen molar-refractivity contribution in [3.63, 3.8) is 0 Å². The van der Waals surface area contributed by atoms with Gasteiger partial charge < -0.3 is 19.8 Å². The van der Waals surface area contributed by atoms with E-state index >= 15 is 0 Å². The number of allylic oxidation sites excluding steroid dienone is 1. The van der Waals surface area contributed by atoms with Crippen molar-refractivity contribution in [1.29, 1.82) is 5.26 Å². The third-order valence-corrected chi connectivity index (χ3v) is 5.10. The summed E-state index contributed by atoms with van der Waals surface area (Å²) in [6, 6.07) is 19.0. The van der Waals surface area contributed by atoms with Gasteiger partial charge in [0.1, 0.15) is 17.7 Å². The van der Waals surface area contributed by atoms with Crippen LogP contribution in [0.5, 0.6) is 11.5 Å². The van der Waals surface area contributed by atoms with Gasteiger partial charge in [0.2, 0.25) is 0 Å². The average molecular weight is 456 g/mol. The van der Waals surface area contributed by atoms with Crippen LogP contribution in [0, 0.1) is 24.1 Å². The maximum Gasteiger partial charge on any atom is 0.262 e. The van der Waals surface area contributed by atoms with Gasteiger partial charge in [-0.2, -0.15) is 5.26 Å². The van der Waals surface area contributed by atoms with Gasteiger partial charge in [0.25, 0.3) is 5.91 Å². The minimum atomic E-state index is -0.438. The van der Waals surface area contributed by atoms with E-state index in [1.807, 2.05) is 24.3 Å². The third kappa shape index (κ3) is 5.05. The second-order valence-electron chi connectivity index (χ2n) is 7.48. The van der Waals surface area contributed by atoms with Crippen molar-refractivity contribution < 1.29 is 18.7 Å². The van der Waals surface area contributed by atoms with Gasteiger partial charge in [-0.15, -0.1) is 0 Å². The number of aromatic nitrogens is 2. The highest BCUT2D eigenvalue weighted by atomic mass is 19.1. The fourth-order valence-corrected chi connectivity index (χ4v) is 3.35. The molecule has 7 nitrogen and oxygen atoms in total. The van der Waals surface area contributed by atoms with Gasteiger partial charge in [0.05, 0.1) is 23.7 Å². The lowest BCUT2D eigenvalue weighted by Gasteiger charge is -2.12. The van der Waals surface area contributed by atoms with Crippen molar-refractivity contribution in [2.24, 2.45) is 0 Å². The molecule has 170 valence electrons. The van der Waals surface area contributed by atoms with E-state index in [1.54, 1.807) is 37.3 Å². The van der Waals surface area contributed by atoms with Crippen LogP contribution < -0.4 is 14.8 Å². The summed E-state index contributed by atoms with van der Waals surface area (Å²) < 4.78 is 24.4. The number of anilines is 1. The van der Waals surface area contributed by atoms with E-state index in [0.717, 1.165) is 16.6 Å². The molecular formula is C26H21FN4O3. The molecule has 2 N–H and O–H groups in total. The number of benzene rings is 3. The van der Waals surface area contributed by atoms with Gasteiger partial charge in [-0.3, -0.25) is 4.79 Å². The standard InChI is InChI=1S/C26H21FN4O3/c1-16-7-9-19(27)13-22(16)29-25(32)15-34-23-10-8-17(12-24(23)33-2)11-18(14-28)26-30-20-5-3-4-6-21(20)31-26/h3-13H,15H2,1-2H3,(H,29,32)(H,30,31)/b18-11+. The molecule has 4 aromatic rings. The van der Waals surface area contributed by atoms with Crippen LogP contribution in [0.2, 0.25) is 0 Å². The van der Waals surface area contributed by atoms with Crippen LogP contribution in [0.3, 0.4) is 0 Å². The van der Waals surface area contributed by atoms with Crippen molar-refractivity contribution in [3.05, 3.63) is 83.4 Å². The number of methoxy groups -OCH3 is 1. The summed E-state index contributed by atoms with van der Waals surface area (Å²) in [5.41, 5.74) is 3.79. The molecule has 1 amide bonds. The molecule has 8 heteroatoms. The van der Waals surface area contributed by atoms with E-state index in [-0.39, 0.29) is 6.61 Å². The lowest BCUT2D eigenvalue weighted by Crippen LogP contribution is -2.21. The van der Waals surface area contributed by atoms with Crippen LogP contribution in [-0.4, -0.2) is 29.6 Å². The molecule has 1 aromatic heterocycles. The number of hydrogen-bond donors (Lipinski definition) is 2. The van der Waals surface area contributed by atoms with E-state index < -0.39 is 11.7 Å². The number of carbonyl (C=O) groups is 1.